The summed E-state index contributed by atoms with van der Waals surface area (Å²) in [6.07, 6.45) is -4.98. The second-order valence-corrected chi connectivity index (χ2v) is 8.35. The lowest BCUT2D eigenvalue weighted by atomic mass is 10.0. The number of pyridine rings is 1. The van der Waals surface area contributed by atoms with Crippen LogP contribution in [0, 0.1) is 0 Å². The third-order valence-electron chi connectivity index (χ3n) is 4.46. The van der Waals surface area contributed by atoms with Gasteiger partial charge in [-0.05, 0) is 29.3 Å². The molecule has 0 aliphatic heterocycles. The molecule has 2 aromatic carbocycles. The lowest BCUT2D eigenvalue weighted by molar-refractivity contribution is -0.275. The molecule has 4 rings (SSSR count). The van der Waals surface area contributed by atoms with Crippen molar-refractivity contribution in [3.63, 3.8) is 0 Å². The van der Waals surface area contributed by atoms with E-state index < -0.39 is 22.1 Å². The van der Waals surface area contributed by atoms with E-state index in [-0.39, 0.29) is 45.4 Å². The second kappa shape index (κ2) is 8.22. The van der Waals surface area contributed by atoms with Crippen LogP contribution in [0.25, 0.3) is 22.3 Å². The number of ether oxygens (including phenoxy) is 2. The number of anilines is 1. The van der Waals surface area contributed by atoms with Gasteiger partial charge in [-0.25, -0.2) is 23.6 Å². The molecule has 0 aliphatic carbocycles. The van der Waals surface area contributed by atoms with E-state index in [0.717, 1.165) is 6.07 Å². The van der Waals surface area contributed by atoms with E-state index in [0.29, 0.717) is 5.56 Å². The van der Waals surface area contributed by atoms with E-state index in [1.807, 2.05) is 0 Å². The molecule has 0 atom stereocenters. The van der Waals surface area contributed by atoms with Crippen LogP contribution < -0.4 is 20.3 Å². The largest absolute Gasteiger partial charge is 0.573 e. The third-order valence-corrected chi connectivity index (χ3v) is 5.37. The summed E-state index contributed by atoms with van der Waals surface area (Å²) in [5.74, 6) is -0.269. The molecule has 0 spiro atoms. The molecule has 0 saturated heterocycles. The van der Waals surface area contributed by atoms with Gasteiger partial charge in [-0.1, -0.05) is 29.5 Å². The fourth-order valence-corrected chi connectivity index (χ4v) is 3.58. The number of alkyl halides is 3. The summed E-state index contributed by atoms with van der Waals surface area (Å²) in [6, 6.07) is 10.8. The van der Waals surface area contributed by atoms with E-state index in [2.05, 4.69) is 25.1 Å². The number of rotatable bonds is 6. The standard InChI is InChI=1S/C19H15F3N6O4S/c20-19(21,22)32-14-7-11(10-2-1-3-13(6-10)33(24,29)30)4-5-12(14)9-31-15-8-16(23)25-18-17(15)26-28-27-18/h1-8H,9H2,(H2,24,29,30)(H3,23,25,26,27,28). The molecule has 172 valence electrons. The van der Waals surface area contributed by atoms with E-state index in [1.165, 1.54) is 42.5 Å². The molecule has 0 fully saturated rings. The van der Waals surface area contributed by atoms with Crippen molar-refractivity contribution in [2.24, 2.45) is 5.14 Å². The molecule has 10 nitrogen and oxygen atoms in total. The molecule has 0 aliphatic rings. The summed E-state index contributed by atoms with van der Waals surface area (Å²) in [5, 5.41) is 15.1. The fraction of sp³-hybridized carbons (Fsp3) is 0.105. The number of benzene rings is 2. The average molecular weight is 480 g/mol. The highest BCUT2D eigenvalue weighted by atomic mass is 32.2. The summed E-state index contributed by atoms with van der Waals surface area (Å²) in [5.41, 5.74) is 6.86. The van der Waals surface area contributed by atoms with Crippen molar-refractivity contribution in [1.29, 1.82) is 0 Å². The van der Waals surface area contributed by atoms with Crippen LogP contribution >= 0.6 is 0 Å². The smallest absolute Gasteiger partial charge is 0.486 e. The molecule has 0 radical (unpaired) electrons. The van der Waals surface area contributed by atoms with Gasteiger partial charge in [0.25, 0.3) is 0 Å². The monoisotopic (exact) mass is 480 g/mol. The van der Waals surface area contributed by atoms with Crippen LogP contribution in [0.15, 0.2) is 53.4 Å². The SMILES string of the molecule is Nc1cc(OCc2ccc(-c3cccc(S(N)(=O)=O)c3)cc2OC(F)(F)F)c2nn[nH]c2n1. The molecule has 0 bridgehead atoms. The van der Waals surface area contributed by atoms with Crippen LogP contribution in [0.4, 0.5) is 19.0 Å². The molecular formula is C19H15F3N6O4S. The number of aromatic nitrogens is 4. The van der Waals surface area contributed by atoms with E-state index in [1.54, 1.807) is 0 Å². The minimum atomic E-state index is -4.98. The Morgan fingerprint density at radius 2 is 1.79 bits per heavy atom. The number of hydrogen-bond acceptors (Lipinski definition) is 8. The summed E-state index contributed by atoms with van der Waals surface area (Å²) >= 11 is 0. The summed E-state index contributed by atoms with van der Waals surface area (Å²) in [7, 11) is -4.00. The zero-order valence-electron chi connectivity index (χ0n) is 16.5. The van der Waals surface area contributed by atoms with Gasteiger partial charge in [0.2, 0.25) is 10.0 Å². The average Bonchev–Trinajstić information content (AvgIpc) is 3.19. The van der Waals surface area contributed by atoms with E-state index in [9.17, 15) is 21.6 Å². The van der Waals surface area contributed by atoms with Gasteiger partial charge < -0.3 is 15.2 Å². The number of fused-ring (bicyclic) bond motifs is 1. The third kappa shape index (κ3) is 5.12. The van der Waals surface area contributed by atoms with Gasteiger partial charge in [-0.2, -0.15) is 0 Å². The molecule has 0 unspecified atom stereocenters. The van der Waals surface area contributed by atoms with E-state index in [4.69, 9.17) is 15.6 Å². The summed E-state index contributed by atoms with van der Waals surface area (Å²) < 4.78 is 72.2. The molecule has 33 heavy (non-hydrogen) atoms. The van der Waals surface area contributed by atoms with Crippen molar-refractivity contribution in [3.05, 3.63) is 54.1 Å². The fourth-order valence-electron chi connectivity index (χ4n) is 3.02. The number of H-pyrrole nitrogens is 1. The van der Waals surface area contributed by atoms with Crippen molar-refractivity contribution >= 4 is 27.0 Å². The maximum absolute atomic E-state index is 13.1. The van der Waals surface area contributed by atoms with Crippen molar-refractivity contribution < 1.29 is 31.1 Å². The van der Waals surface area contributed by atoms with Gasteiger partial charge >= 0.3 is 6.36 Å². The first kappa shape index (κ1) is 22.3. The van der Waals surface area contributed by atoms with Crippen LogP contribution in [0.3, 0.4) is 0 Å². The first-order valence-corrected chi connectivity index (χ1v) is 10.7. The first-order chi connectivity index (χ1) is 15.5. The Kier molecular flexibility index (Phi) is 5.55. The number of hydrogen-bond donors (Lipinski definition) is 3. The van der Waals surface area contributed by atoms with Crippen LogP contribution in [0.2, 0.25) is 0 Å². The Morgan fingerprint density at radius 1 is 1.03 bits per heavy atom. The maximum Gasteiger partial charge on any atom is 0.573 e. The normalized spacial score (nSPS) is 12.1. The van der Waals surface area contributed by atoms with Gasteiger partial charge in [0.1, 0.15) is 18.2 Å². The number of sulfonamides is 1. The zero-order chi connectivity index (χ0) is 23.8. The molecule has 2 aromatic heterocycles. The zero-order valence-corrected chi connectivity index (χ0v) is 17.3. The lowest BCUT2D eigenvalue weighted by Crippen LogP contribution is -2.18. The van der Waals surface area contributed by atoms with Gasteiger partial charge in [0, 0.05) is 11.6 Å². The van der Waals surface area contributed by atoms with Gasteiger partial charge in [0.15, 0.2) is 16.9 Å². The minimum absolute atomic E-state index is 0.0608. The number of nitrogen functional groups attached to an aromatic ring is 1. The number of primary sulfonamides is 1. The Hall–Kier alpha value is -3.91. The molecule has 5 N–H and O–H groups in total. The Balaban J connectivity index is 1.69. The highest BCUT2D eigenvalue weighted by Gasteiger charge is 2.32. The molecule has 4 aromatic rings. The number of aromatic amines is 1. The lowest BCUT2D eigenvalue weighted by Gasteiger charge is -2.16. The van der Waals surface area contributed by atoms with Crippen LogP contribution in [0.5, 0.6) is 11.5 Å². The molecule has 2 heterocycles. The molecule has 0 amide bonds. The first-order valence-electron chi connectivity index (χ1n) is 9.11. The highest BCUT2D eigenvalue weighted by molar-refractivity contribution is 7.89. The van der Waals surface area contributed by atoms with Gasteiger partial charge in [-0.3, -0.25) is 0 Å². The van der Waals surface area contributed by atoms with Crippen molar-refractivity contribution in [2.45, 2.75) is 17.9 Å². The topological polar surface area (TPSA) is 159 Å². The number of nitrogens with one attached hydrogen (secondary N) is 1. The van der Waals surface area contributed by atoms with Gasteiger partial charge in [0.05, 0.1) is 4.90 Å². The van der Waals surface area contributed by atoms with E-state index >= 15 is 0 Å². The van der Waals surface area contributed by atoms with Crippen molar-refractivity contribution in [2.75, 3.05) is 5.73 Å². The summed E-state index contributed by atoms with van der Waals surface area (Å²) in [4.78, 5) is 3.80. The number of halogens is 3. The second-order valence-electron chi connectivity index (χ2n) is 6.79. The van der Waals surface area contributed by atoms with Gasteiger partial charge in [-0.15, -0.1) is 18.3 Å². The Bertz CT molecular complexity index is 1440. The molecule has 14 heteroatoms. The maximum atomic E-state index is 13.1. The minimum Gasteiger partial charge on any atom is -0.486 e. The Morgan fingerprint density at radius 3 is 2.52 bits per heavy atom. The quantitative estimate of drug-likeness (QED) is 0.380. The van der Waals surface area contributed by atoms with Crippen LogP contribution in [-0.2, 0) is 16.6 Å². The van der Waals surface area contributed by atoms with Crippen LogP contribution in [0.1, 0.15) is 5.56 Å². The predicted octanol–water partition coefficient (Wildman–Crippen LogP) is 2.73. The molecular weight excluding hydrogens is 465 g/mol. The summed E-state index contributed by atoms with van der Waals surface area (Å²) in [6.45, 7) is -0.325. The number of nitrogens with zero attached hydrogens (tertiary/aromatic N) is 3. The predicted molar refractivity (Wildman–Crippen MR) is 110 cm³/mol. The van der Waals surface area contributed by atoms with Crippen LogP contribution in [-0.4, -0.2) is 35.2 Å². The molecule has 0 saturated carbocycles. The number of nitrogens with two attached hydrogens (primary N) is 2. The highest BCUT2D eigenvalue weighted by Crippen LogP contribution is 2.33. The van der Waals surface area contributed by atoms with Crippen molar-refractivity contribution in [1.82, 2.24) is 20.4 Å². The Labute approximate surface area is 184 Å². The van der Waals surface area contributed by atoms with Crippen molar-refractivity contribution in [3.8, 4) is 22.6 Å².